The molecular weight excluding hydrogens is 208 g/mol. The van der Waals surface area contributed by atoms with E-state index < -0.39 is 0 Å². The summed E-state index contributed by atoms with van der Waals surface area (Å²) in [5.41, 5.74) is 8.73. The van der Waals surface area contributed by atoms with E-state index in [9.17, 15) is 0 Å². The van der Waals surface area contributed by atoms with Crippen molar-refractivity contribution >= 4 is 10.9 Å². The van der Waals surface area contributed by atoms with E-state index in [1.807, 2.05) is 0 Å². The minimum atomic E-state index is 0.358. The number of nitrogens with zero attached hydrogens (tertiary/aromatic N) is 1. The van der Waals surface area contributed by atoms with Crippen molar-refractivity contribution in [2.75, 3.05) is 0 Å². The van der Waals surface area contributed by atoms with Crippen LogP contribution < -0.4 is 5.73 Å². The van der Waals surface area contributed by atoms with Crippen molar-refractivity contribution in [3.8, 4) is 0 Å². The summed E-state index contributed by atoms with van der Waals surface area (Å²) in [7, 11) is 0. The highest BCUT2D eigenvalue weighted by molar-refractivity contribution is 5.81. The first-order chi connectivity index (χ1) is 8.01. The van der Waals surface area contributed by atoms with Gasteiger partial charge >= 0.3 is 0 Å². The van der Waals surface area contributed by atoms with Crippen molar-refractivity contribution in [3.05, 3.63) is 36.0 Å². The molecule has 2 rings (SSSR count). The molecule has 2 nitrogen and oxygen atoms in total. The minimum Gasteiger partial charge on any atom is -0.343 e. The maximum atomic E-state index is 5.83. The van der Waals surface area contributed by atoms with Gasteiger partial charge in [-0.15, -0.1) is 0 Å². The van der Waals surface area contributed by atoms with Crippen molar-refractivity contribution in [1.29, 1.82) is 0 Å². The number of para-hydroxylation sites is 1. The Balaban J connectivity index is 2.37. The van der Waals surface area contributed by atoms with Crippen molar-refractivity contribution in [2.24, 2.45) is 11.1 Å². The molecule has 0 aliphatic carbocycles. The van der Waals surface area contributed by atoms with Crippen LogP contribution in [0.2, 0.25) is 0 Å². The highest BCUT2D eigenvalue weighted by Crippen LogP contribution is 2.24. The molecule has 0 amide bonds. The molecule has 2 heteroatoms. The van der Waals surface area contributed by atoms with Crippen molar-refractivity contribution < 1.29 is 0 Å². The fourth-order valence-electron chi connectivity index (χ4n) is 2.15. The Labute approximate surface area is 103 Å². The molecule has 1 aromatic carbocycles. The second-order valence-corrected chi connectivity index (χ2v) is 5.86. The quantitative estimate of drug-likeness (QED) is 0.859. The van der Waals surface area contributed by atoms with Crippen LogP contribution in [0.5, 0.6) is 0 Å². The van der Waals surface area contributed by atoms with Gasteiger partial charge < -0.3 is 10.3 Å². The number of rotatable bonds is 3. The third kappa shape index (κ3) is 2.70. The van der Waals surface area contributed by atoms with Gasteiger partial charge in [0.05, 0.1) is 0 Å². The first-order valence-electron chi connectivity index (χ1n) is 6.28. The highest BCUT2D eigenvalue weighted by atomic mass is 15.0. The molecule has 0 fully saturated rings. The zero-order chi connectivity index (χ0) is 12.5. The third-order valence-electron chi connectivity index (χ3n) is 3.19. The lowest BCUT2D eigenvalue weighted by Gasteiger charge is -2.20. The van der Waals surface area contributed by atoms with Gasteiger partial charge in [-0.05, 0) is 29.4 Å². The van der Waals surface area contributed by atoms with Gasteiger partial charge in [-0.25, -0.2) is 0 Å². The third-order valence-corrected chi connectivity index (χ3v) is 3.19. The SMILES string of the molecule is CC(C)(C)CCn1c(CN)cc2ccccc21. The Hall–Kier alpha value is -1.28. The second kappa shape index (κ2) is 4.53. The summed E-state index contributed by atoms with van der Waals surface area (Å²) in [4.78, 5) is 0. The summed E-state index contributed by atoms with van der Waals surface area (Å²) < 4.78 is 2.36. The summed E-state index contributed by atoms with van der Waals surface area (Å²) in [6.45, 7) is 8.49. The summed E-state index contributed by atoms with van der Waals surface area (Å²) in [6, 6.07) is 10.7. The van der Waals surface area contributed by atoms with Gasteiger partial charge in [0.25, 0.3) is 0 Å². The number of fused-ring (bicyclic) bond motifs is 1. The van der Waals surface area contributed by atoms with Crippen LogP contribution in [0.15, 0.2) is 30.3 Å². The Morgan fingerprint density at radius 3 is 2.53 bits per heavy atom. The number of hydrogen-bond acceptors (Lipinski definition) is 1. The summed E-state index contributed by atoms with van der Waals surface area (Å²) in [5, 5.41) is 1.29. The number of aromatic nitrogens is 1. The predicted molar refractivity (Wildman–Crippen MR) is 73.9 cm³/mol. The predicted octanol–water partition coefficient (Wildman–Crippen LogP) is 3.54. The van der Waals surface area contributed by atoms with Crippen LogP contribution in [0.3, 0.4) is 0 Å². The lowest BCUT2D eigenvalue weighted by molar-refractivity contribution is 0.351. The average Bonchev–Trinajstić information content (AvgIpc) is 2.63. The molecule has 0 spiro atoms. The van der Waals surface area contributed by atoms with E-state index in [0.717, 1.165) is 6.54 Å². The van der Waals surface area contributed by atoms with Crippen molar-refractivity contribution in [3.63, 3.8) is 0 Å². The van der Waals surface area contributed by atoms with Crippen LogP contribution in [-0.2, 0) is 13.1 Å². The maximum absolute atomic E-state index is 5.83. The van der Waals surface area contributed by atoms with Gasteiger partial charge in [0.1, 0.15) is 0 Å². The molecule has 0 atom stereocenters. The van der Waals surface area contributed by atoms with Gasteiger partial charge in [-0.2, -0.15) is 0 Å². The molecule has 0 aliphatic rings. The monoisotopic (exact) mass is 230 g/mol. The summed E-state index contributed by atoms with van der Waals surface area (Å²) in [6.07, 6.45) is 1.17. The van der Waals surface area contributed by atoms with Crippen LogP contribution in [0.25, 0.3) is 10.9 Å². The Kier molecular flexibility index (Phi) is 3.25. The fraction of sp³-hybridized carbons (Fsp3) is 0.467. The van der Waals surface area contributed by atoms with Gasteiger partial charge in [0.15, 0.2) is 0 Å². The first-order valence-corrected chi connectivity index (χ1v) is 6.28. The van der Waals surface area contributed by atoms with E-state index in [0.29, 0.717) is 12.0 Å². The van der Waals surface area contributed by atoms with Gasteiger partial charge in [0, 0.05) is 24.3 Å². The Bertz CT molecular complexity index is 503. The van der Waals surface area contributed by atoms with Gasteiger partial charge in [-0.1, -0.05) is 39.0 Å². The van der Waals surface area contributed by atoms with E-state index in [1.54, 1.807) is 0 Å². The lowest BCUT2D eigenvalue weighted by Crippen LogP contribution is -2.13. The van der Waals surface area contributed by atoms with E-state index >= 15 is 0 Å². The molecule has 1 heterocycles. The molecule has 2 aromatic rings. The van der Waals surface area contributed by atoms with Gasteiger partial charge in [0.2, 0.25) is 0 Å². The second-order valence-electron chi connectivity index (χ2n) is 5.86. The maximum Gasteiger partial charge on any atom is 0.0482 e. The van der Waals surface area contributed by atoms with Crippen LogP contribution >= 0.6 is 0 Å². The standard InChI is InChI=1S/C15H22N2/c1-15(2,3)8-9-17-13(11-16)10-12-6-4-5-7-14(12)17/h4-7,10H,8-9,11,16H2,1-3H3. The molecule has 2 N–H and O–H groups in total. The molecule has 92 valence electrons. The molecule has 0 saturated carbocycles. The normalized spacial score (nSPS) is 12.2. The largest absolute Gasteiger partial charge is 0.343 e. The zero-order valence-corrected chi connectivity index (χ0v) is 11.0. The highest BCUT2D eigenvalue weighted by Gasteiger charge is 2.13. The first kappa shape index (κ1) is 12.2. The molecule has 1 aromatic heterocycles. The molecular formula is C15H22N2. The summed E-state index contributed by atoms with van der Waals surface area (Å²) in [5.74, 6) is 0. The Morgan fingerprint density at radius 1 is 1.18 bits per heavy atom. The fourth-order valence-corrected chi connectivity index (χ4v) is 2.15. The van der Waals surface area contributed by atoms with Crippen LogP contribution in [-0.4, -0.2) is 4.57 Å². The Morgan fingerprint density at radius 2 is 1.88 bits per heavy atom. The van der Waals surface area contributed by atoms with Crippen LogP contribution in [0.1, 0.15) is 32.9 Å². The molecule has 0 aliphatic heterocycles. The number of aryl methyl sites for hydroxylation is 1. The number of benzene rings is 1. The molecule has 0 saturated heterocycles. The van der Waals surface area contributed by atoms with Gasteiger partial charge in [-0.3, -0.25) is 0 Å². The smallest absolute Gasteiger partial charge is 0.0482 e. The van der Waals surface area contributed by atoms with E-state index in [1.165, 1.54) is 23.0 Å². The van der Waals surface area contributed by atoms with Crippen LogP contribution in [0, 0.1) is 5.41 Å². The number of nitrogens with two attached hydrogens (primary N) is 1. The molecule has 0 unspecified atom stereocenters. The van der Waals surface area contributed by atoms with E-state index in [2.05, 4.69) is 55.7 Å². The topological polar surface area (TPSA) is 30.9 Å². The molecule has 0 bridgehead atoms. The molecule has 0 radical (unpaired) electrons. The number of hydrogen-bond donors (Lipinski definition) is 1. The lowest BCUT2D eigenvalue weighted by atomic mass is 9.92. The molecule has 17 heavy (non-hydrogen) atoms. The van der Waals surface area contributed by atoms with E-state index in [-0.39, 0.29) is 0 Å². The van der Waals surface area contributed by atoms with E-state index in [4.69, 9.17) is 5.73 Å². The van der Waals surface area contributed by atoms with Crippen molar-refractivity contribution in [2.45, 2.75) is 40.3 Å². The minimum absolute atomic E-state index is 0.358. The zero-order valence-electron chi connectivity index (χ0n) is 11.0. The van der Waals surface area contributed by atoms with Crippen LogP contribution in [0.4, 0.5) is 0 Å². The van der Waals surface area contributed by atoms with Crippen molar-refractivity contribution in [1.82, 2.24) is 4.57 Å². The summed E-state index contributed by atoms with van der Waals surface area (Å²) >= 11 is 0. The average molecular weight is 230 g/mol.